The standard InChI is InChI=1S/C13H24N4O/c1-3-5-6-7-9-18-13-11(8-4-2)12(17-14)15-10-16-13/h10H,3-9,14H2,1-2H3,(H,15,16,17). The first-order chi connectivity index (χ1) is 8.83. The largest absolute Gasteiger partial charge is 0.477 e. The van der Waals surface area contributed by atoms with Crippen LogP contribution in [0.1, 0.15) is 51.5 Å². The van der Waals surface area contributed by atoms with E-state index in [1.165, 1.54) is 25.6 Å². The number of hydrogen-bond donors (Lipinski definition) is 2. The molecule has 1 heterocycles. The van der Waals surface area contributed by atoms with E-state index in [9.17, 15) is 0 Å². The summed E-state index contributed by atoms with van der Waals surface area (Å²) in [5.74, 6) is 6.77. The van der Waals surface area contributed by atoms with Crippen molar-refractivity contribution >= 4 is 5.82 Å². The number of nitrogens with one attached hydrogen (secondary N) is 1. The van der Waals surface area contributed by atoms with Crippen LogP contribution in [0.2, 0.25) is 0 Å². The van der Waals surface area contributed by atoms with Crippen molar-refractivity contribution in [2.75, 3.05) is 12.0 Å². The molecule has 18 heavy (non-hydrogen) atoms. The van der Waals surface area contributed by atoms with Gasteiger partial charge in [-0.15, -0.1) is 0 Å². The number of hydrazine groups is 1. The molecule has 1 aromatic rings. The quantitative estimate of drug-likeness (QED) is 0.401. The summed E-state index contributed by atoms with van der Waals surface area (Å²) in [7, 11) is 0. The molecule has 102 valence electrons. The average molecular weight is 252 g/mol. The van der Waals surface area contributed by atoms with E-state index in [0.717, 1.165) is 24.8 Å². The zero-order chi connectivity index (χ0) is 13.2. The van der Waals surface area contributed by atoms with Gasteiger partial charge >= 0.3 is 0 Å². The van der Waals surface area contributed by atoms with E-state index in [0.29, 0.717) is 18.3 Å². The van der Waals surface area contributed by atoms with E-state index in [1.807, 2.05) is 0 Å². The van der Waals surface area contributed by atoms with Crippen LogP contribution in [-0.4, -0.2) is 16.6 Å². The number of ether oxygens (including phenoxy) is 1. The van der Waals surface area contributed by atoms with Crippen LogP contribution in [-0.2, 0) is 6.42 Å². The third kappa shape index (κ3) is 4.49. The minimum atomic E-state index is 0.662. The molecular weight excluding hydrogens is 228 g/mol. The highest BCUT2D eigenvalue weighted by Crippen LogP contribution is 2.23. The van der Waals surface area contributed by atoms with Crippen LogP contribution in [0.3, 0.4) is 0 Å². The minimum absolute atomic E-state index is 0.662. The van der Waals surface area contributed by atoms with Gasteiger partial charge < -0.3 is 10.2 Å². The summed E-state index contributed by atoms with van der Waals surface area (Å²) in [5, 5.41) is 0. The van der Waals surface area contributed by atoms with Gasteiger partial charge in [0.25, 0.3) is 0 Å². The van der Waals surface area contributed by atoms with Crippen molar-refractivity contribution in [1.29, 1.82) is 0 Å². The highest BCUT2D eigenvalue weighted by Gasteiger charge is 2.10. The molecule has 0 aliphatic heterocycles. The lowest BCUT2D eigenvalue weighted by atomic mass is 10.2. The normalized spacial score (nSPS) is 10.4. The number of unbranched alkanes of at least 4 members (excludes halogenated alkanes) is 3. The third-order valence-corrected chi connectivity index (χ3v) is 2.78. The lowest BCUT2D eigenvalue weighted by molar-refractivity contribution is 0.290. The summed E-state index contributed by atoms with van der Waals surface area (Å²) in [6.45, 7) is 5.01. The monoisotopic (exact) mass is 252 g/mol. The molecule has 0 unspecified atom stereocenters. The maximum Gasteiger partial charge on any atom is 0.221 e. The lowest BCUT2D eigenvalue weighted by Crippen LogP contribution is -2.13. The molecule has 3 N–H and O–H groups in total. The molecule has 0 spiro atoms. The Morgan fingerprint density at radius 3 is 2.67 bits per heavy atom. The van der Waals surface area contributed by atoms with Crippen LogP contribution in [0.5, 0.6) is 5.88 Å². The van der Waals surface area contributed by atoms with Crippen LogP contribution < -0.4 is 16.0 Å². The molecule has 0 aliphatic rings. The van der Waals surface area contributed by atoms with Crippen LogP contribution in [0.4, 0.5) is 5.82 Å². The fraction of sp³-hybridized carbons (Fsp3) is 0.692. The highest BCUT2D eigenvalue weighted by atomic mass is 16.5. The molecule has 1 rings (SSSR count). The predicted octanol–water partition coefficient (Wildman–Crippen LogP) is 2.67. The van der Waals surface area contributed by atoms with Gasteiger partial charge in [-0.05, 0) is 12.8 Å². The molecule has 0 fully saturated rings. The topological polar surface area (TPSA) is 73.1 Å². The summed E-state index contributed by atoms with van der Waals surface area (Å²) in [6, 6.07) is 0. The zero-order valence-electron chi connectivity index (χ0n) is 11.4. The predicted molar refractivity (Wildman–Crippen MR) is 73.5 cm³/mol. The van der Waals surface area contributed by atoms with Gasteiger partial charge in [-0.3, -0.25) is 0 Å². The van der Waals surface area contributed by atoms with Crippen molar-refractivity contribution in [3.05, 3.63) is 11.9 Å². The smallest absolute Gasteiger partial charge is 0.221 e. The maximum atomic E-state index is 5.73. The number of rotatable bonds is 9. The molecule has 1 aromatic heterocycles. The van der Waals surface area contributed by atoms with Gasteiger partial charge in [-0.1, -0.05) is 39.5 Å². The number of hydrogen-bond acceptors (Lipinski definition) is 5. The second-order valence-electron chi connectivity index (χ2n) is 4.31. The Bertz CT molecular complexity index is 344. The first-order valence-electron chi connectivity index (χ1n) is 6.76. The van der Waals surface area contributed by atoms with Gasteiger partial charge in [0.05, 0.1) is 12.2 Å². The van der Waals surface area contributed by atoms with E-state index in [1.54, 1.807) is 0 Å². The van der Waals surface area contributed by atoms with E-state index in [2.05, 4.69) is 29.2 Å². The molecule has 0 saturated heterocycles. The second kappa shape index (κ2) is 8.69. The minimum Gasteiger partial charge on any atom is -0.477 e. The molecular formula is C13H24N4O. The Morgan fingerprint density at radius 1 is 1.17 bits per heavy atom. The zero-order valence-corrected chi connectivity index (χ0v) is 11.4. The van der Waals surface area contributed by atoms with Crippen LogP contribution >= 0.6 is 0 Å². The SMILES string of the molecule is CCCCCCOc1ncnc(NN)c1CCC. The summed E-state index contributed by atoms with van der Waals surface area (Å²) < 4.78 is 5.73. The van der Waals surface area contributed by atoms with Crippen molar-refractivity contribution in [1.82, 2.24) is 9.97 Å². The van der Waals surface area contributed by atoms with Crippen LogP contribution in [0, 0.1) is 0 Å². The number of nitrogen functional groups attached to an aromatic ring is 1. The van der Waals surface area contributed by atoms with E-state index < -0.39 is 0 Å². The van der Waals surface area contributed by atoms with Crippen molar-refractivity contribution < 1.29 is 4.74 Å². The number of nitrogens with two attached hydrogens (primary N) is 1. The molecule has 0 bridgehead atoms. The molecule has 0 atom stereocenters. The van der Waals surface area contributed by atoms with Crippen molar-refractivity contribution in [2.45, 2.75) is 52.4 Å². The highest BCUT2D eigenvalue weighted by molar-refractivity contribution is 5.47. The fourth-order valence-corrected chi connectivity index (χ4v) is 1.82. The maximum absolute atomic E-state index is 5.73. The fourth-order valence-electron chi connectivity index (χ4n) is 1.82. The number of anilines is 1. The lowest BCUT2D eigenvalue weighted by Gasteiger charge is -2.12. The second-order valence-corrected chi connectivity index (χ2v) is 4.31. The molecule has 0 aliphatic carbocycles. The third-order valence-electron chi connectivity index (χ3n) is 2.78. The van der Waals surface area contributed by atoms with Crippen molar-refractivity contribution in [3.63, 3.8) is 0 Å². The Balaban J connectivity index is 2.57. The van der Waals surface area contributed by atoms with Gasteiger partial charge in [0.2, 0.25) is 5.88 Å². The summed E-state index contributed by atoms with van der Waals surface area (Å²) in [6.07, 6.45) is 8.11. The molecule has 0 aromatic carbocycles. The summed E-state index contributed by atoms with van der Waals surface area (Å²) in [5.41, 5.74) is 3.57. The van der Waals surface area contributed by atoms with Gasteiger partial charge in [0.15, 0.2) is 0 Å². The van der Waals surface area contributed by atoms with Crippen molar-refractivity contribution in [2.24, 2.45) is 5.84 Å². The van der Waals surface area contributed by atoms with Gasteiger partial charge in [-0.25, -0.2) is 15.8 Å². The van der Waals surface area contributed by atoms with Gasteiger partial charge in [-0.2, -0.15) is 0 Å². The summed E-state index contributed by atoms with van der Waals surface area (Å²) in [4.78, 5) is 8.30. The Morgan fingerprint density at radius 2 is 2.00 bits per heavy atom. The first kappa shape index (κ1) is 14.7. The first-order valence-corrected chi connectivity index (χ1v) is 6.76. The van der Waals surface area contributed by atoms with E-state index >= 15 is 0 Å². The molecule has 0 saturated carbocycles. The molecule has 0 radical (unpaired) electrons. The Hall–Kier alpha value is -1.36. The van der Waals surface area contributed by atoms with Gasteiger partial charge in [0, 0.05) is 0 Å². The molecule has 0 amide bonds. The summed E-state index contributed by atoms with van der Waals surface area (Å²) >= 11 is 0. The molecule has 5 heteroatoms. The number of aromatic nitrogens is 2. The Kier molecular flexibility index (Phi) is 7.10. The van der Waals surface area contributed by atoms with Crippen molar-refractivity contribution in [3.8, 4) is 5.88 Å². The van der Waals surface area contributed by atoms with E-state index in [4.69, 9.17) is 10.6 Å². The van der Waals surface area contributed by atoms with Crippen LogP contribution in [0.15, 0.2) is 6.33 Å². The average Bonchev–Trinajstić information content (AvgIpc) is 2.40. The number of nitrogens with zero attached hydrogens (tertiary/aromatic N) is 2. The Labute approximate surface area is 109 Å². The van der Waals surface area contributed by atoms with Gasteiger partial charge in [0.1, 0.15) is 12.1 Å². The van der Waals surface area contributed by atoms with E-state index in [-0.39, 0.29) is 0 Å². The molecule has 5 nitrogen and oxygen atoms in total. The van der Waals surface area contributed by atoms with Crippen LogP contribution in [0.25, 0.3) is 0 Å².